The minimum absolute atomic E-state index is 0.0797. The first-order valence-corrected chi connectivity index (χ1v) is 6.62. The molecule has 0 fully saturated rings. The number of carbonyl (C=O) groups is 1. The van der Waals surface area contributed by atoms with Gasteiger partial charge in [0.05, 0.1) is 11.9 Å². The lowest BCUT2D eigenvalue weighted by atomic mass is 10.1. The van der Waals surface area contributed by atoms with E-state index in [0.717, 1.165) is 30.5 Å². The molecular weight excluding hydrogens is 328 g/mol. The van der Waals surface area contributed by atoms with Gasteiger partial charge >= 0.3 is 0 Å². The fraction of sp³-hybridized carbons (Fsp3) is 0. The van der Waals surface area contributed by atoms with E-state index in [1.165, 1.54) is 6.07 Å². The average molecular weight is 336 g/mol. The van der Waals surface area contributed by atoms with Gasteiger partial charge in [0.25, 0.3) is 5.91 Å². The minimum Gasteiger partial charge on any atom is -0.355 e. The molecule has 0 saturated heterocycles. The molecule has 1 amide bonds. The van der Waals surface area contributed by atoms with Gasteiger partial charge in [0.1, 0.15) is 17.2 Å². The fourth-order valence-corrected chi connectivity index (χ4v) is 2.03. The molecular formula is C16H8F4N2O2. The zero-order chi connectivity index (χ0) is 17.3. The number of hydrogen-bond donors (Lipinski definition) is 1. The average Bonchev–Trinajstić information content (AvgIpc) is 3.02. The molecule has 0 radical (unpaired) electrons. The third-order valence-electron chi connectivity index (χ3n) is 3.18. The van der Waals surface area contributed by atoms with Crippen LogP contribution in [0.3, 0.4) is 0 Å². The number of benzene rings is 2. The van der Waals surface area contributed by atoms with Crippen molar-refractivity contribution in [1.82, 2.24) is 5.16 Å². The largest absolute Gasteiger partial charge is 0.355 e. The number of amides is 1. The normalized spacial score (nSPS) is 10.7. The fourth-order valence-electron chi connectivity index (χ4n) is 2.03. The highest BCUT2D eigenvalue weighted by Crippen LogP contribution is 2.26. The van der Waals surface area contributed by atoms with Crippen molar-refractivity contribution in [2.75, 3.05) is 5.32 Å². The van der Waals surface area contributed by atoms with Gasteiger partial charge in [-0.15, -0.1) is 0 Å². The molecule has 0 saturated carbocycles. The van der Waals surface area contributed by atoms with Crippen molar-refractivity contribution < 1.29 is 26.9 Å². The Balaban J connectivity index is 1.91. The van der Waals surface area contributed by atoms with Gasteiger partial charge in [0, 0.05) is 11.6 Å². The lowest BCUT2D eigenvalue weighted by Crippen LogP contribution is -2.13. The predicted octanol–water partition coefficient (Wildman–Crippen LogP) is 4.15. The number of carbonyl (C=O) groups excluding carboxylic acids is 1. The summed E-state index contributed by atoms with van der Waals surface area (Å²) in [4.78, 5) is 12.2. The standard InChI is InChI=1S/C16H8F4N2O2/c17-9-2-4-14(13(20)6-9)22-16(23)10-7-21-24-15(10)8-1-3-11(18)12(19)5-8/h1-7H,(H,22,23). The first-order valence-electron chi connectivity index (χ1n) is 6.62. The molecule has 0 aliphatic carbocycles. The van der Waals surface area contributed by atoms with E-state index in [1.807, 2.05) is 0 Å². The molecule has 4 nitrogen and oxygen atoms in total. The van der Waals surface area contributed by atoms with Crippen LogP contribution in [0.4, 0.5) is 23.2 Å². The number of halogens is 4. The van der Waals surface area contributed by atoms with E-state index in [0.29, 0.717) is 6.07 Å². The van der Waals surface area contributed by atoms with Crippen LogP contribution >= 0.6 is 0 Å². The highest BCUT2D eigenvalue weighted by atomic mass is 19.2. The molecule has 0 unspecified atom stereocenters. The highest BCUT2D eigenvalue weighted by Gasteiger charge is 2.20. The second kappa shape index (κ2) is 6.15. The maximum Gasteiger partial charge on any atom is 0.261 e. The van der Waals surface area contributed by atoms with Crippen LogP contribution in [0.15, 0.2) is 47.1 Å². The number of anilines is 1. The van der Waals surface area contributed by atoms with Crippen molar-refractivity contribution >= 4 is 11.6 Å². The first kappa shape index (κ1) is 15.7. The van der Waals surface area contributed by atoms with Crippen LogP contribution in [-0.2, 0) is 0 Å². The zero-order valence-corrected chi connectivity index (χ0v) is 11.8. The molecule has 2 aromatic carbocycles. The maximum absolute atomic E-state index is 13.6. The minimum atomic E-state index is -1.13. The Morgan fingerprint density at radius 2 is 1.75 bits per heavy atom. The van der Waals surface area contributed by atoms with Crippen LogP contribution in [0.25, 0.3) is 11.3 Å². The van der Waals surface area contributed by atoms with Gasteiger partial charge in [-0.2, -0.15) is 0 Å². The summed E-state index contributed by atoms with van der Waals surface area (Å²) in [6, 6.07) is 5.54. The molecule has 3 rings (SSSR count). The highest BCUT2D eigenvalue weighted by molar-refractivity contribution is 6.07. The molecule has 1 N–H and O–H groups in total. The molecule has 0 bridgehead atoms. The summed E-state index contributed by atoms with van der Waals surface area (Å²) < 4.78 is 57.7. The predicted molar refractivity (Wildman–Crippen MR) is 76.2 cm³/mol. The molecule has 24 heavy (non-hydrogen) atoms. The maximum atomic E-state index is 13.6. The molecule has 0 atom stereocenters. The van der Waals surface area contributed by atoms with Crippen LogP contribution in [0, 0.1) is 23.3 Å². The SMILES string of the molecule is O=C(Nc1ccc(F)cc1F)c1cnoc1-c1ccc(F)c(F)c1. The quantitative estimate of drug-likeness (QED) is 0.731. The van der Waals surface area contributed by atoms with Gasteiger partial charge < -0.3 is 9.84 Å². The third-order valence-corrected chi connectivity index (χ3v) is 3.18. The van der Waals surface area contributed by atoms with Crippen molar-refractivity contribution in [3.63, 3.8) is 0 Å². The van der Waals surface area contributed by atoms with Crippen molar-refractivity contribution in [1.29, 1.82) is 0 Å². The Labute approximate surface area is 132 Å². The van der Waals surface area contributed by atoms with Gasteiger partial charge in [-0.05, 0) is 30.3 Å². The van der Waals surface area contributed by atoms with Crippen LogP contribution in [0.2, 0.25) is 0 Å². The van der Waals surface area contributed by atoms with Crippen LogP contribution in [0.1, 0.15) is 10.4 Å². The van der Waals surface area contributed by atoms with E-state index in [9.17, 15) is 22.4 Å². The van der Waals surface area contributed by atoms with E-state index in [4.69, 9.17) is 4.52 Å². The van der Waals surface area contributed by atoms with Gasteiger partial charge in [0.15, 0.2) is 17.4 Å². The van der Waals surface area contributed by atoms with Crippen LogP contribution in [0.5, 0.6) is 0 Å². The Hall–Kier alpha value is -3.16. The molecule has 1 aromatic heterocycles. The first-order chi connectivity index (χ1) is 11.5. The topological polar surface area (TPSA) is 55.1 Å². The van der Waals surface area contributed by atoms with Gasteiger partial charge in [-0.3, -0.25) is 4.79 Å². The van der Waals surface area contributed by atoms with E-state index in [-0.39, 0.29) is 22.6 Å². The van der Waals surface area contributed by atoms with Gasteiger partial charge in [0.2, 0.25) is 0 Å². The summed E-state index contributed by atoms with van der Waals surface area (Å²) in [6.45, 7) is 0. The van der Waals surface area contributed by atoms with Gasteiger partial charge in [-0.25, -0.2) is 17.6 Å². The van der Waals surface area contributed by atoms with Crippen molar-refractivity contribution in [3.8, 4) is 11.3 Å². The van der Waals surface area contributed by atoms with Crippen molar-refractivity contribution in [2.45, 2.75) is 0 Å². The lowest BCUT2D eigenvalue weighted by molar-refractivity contribution is 0.102. The second-order valence-corrected chi connectivity index (χ2v) is 4.78. The van der Waals surface area contributed by atoms with Gasteiger partial charge in [-0.1, -0.05) is 5.16 Å². The van der Waals surface area contributed by atoms with Crippen LogP contribution in [-0.4, -0.2) is 11.1 Å². The number of aromatic nitrogens is 1. The molecule has 1 heterocycles. The Bertz CT molecular complexity index is 924. The van der Waals surface area contributed by atoms with Crippen molar-refractivity contribution in [2.24, 2.45) is 0 Å². The van der Waals surface area contributed by atoms with Crippen molar-refractivity contribution in [3.05, 3.63) is 71.4 Å². The molecule has 0 aliphatic rings. The third kappa shape index (κ3) is 2.98. The van der Waals surface area contributed by atoms with E-state index >= 15 is 0 Å². The summed E-state index contributed by atoms with van der Waals surface area (Å²) in [6.07, 6.45) is 1.05. The lowest BCUT2D eigenvalue weighted by Gasteiger charge is -2.06. The number of rotatable bonds is 3. The van der Waals surface area contributed by atoms with Crippen LogP contribution < -0.4 is 5.32 Å². The summed E-state index contributed by atoms with van der Waals surface area (Å²) in [5, 5.41) is 5.67. The van der Waals surface area contributed by atoms with E-state index in [2.05, 4.69) is 10.5 Å². The summed E-state index contributed by atoms with van der Waals surface area (Å²) in [7, 11) is 0. The molecule has 8 heteroatoms. The summed E-state index contributed by atoms with van der Waals surface area (Å²) in [5.74, 6) is -4.86. The molecule has 0 spiro atoms. The molecule has 0 aliphatic heterocycles. The monoisotopic (exact) mass is 336 g/mol. The number of nitrogens with zero attached hydrogens (tertiary/aromatic N) is 1. The Morgan fingerprint density at radius 3 is 2.46 bits per heavy atom. The second-order valence-electron chi connectivity index (χ2n) is 4.78. The van der Waals surface area contributed by atoms with E-state index < -0.39 is 29.2 Å². The molecule has 3 aromatic rings. The smallest absolute Gasteiger partial charge is 0.261 e. The van der Waals surface area contributed by atoms with E-state index in [1.54, 1.807) is 0 Å². The number of hydrogen-bond acceptors (Lipinski definition) is 3. The summed E-state index contributed by atoms with van der Waals surface area (Å²) in [5.41, 5.74) is -0.292. The summed E-state index contributed by atoms with van der Waals surface area (Å²) >= 11 is 0. The number of nitrogens with one attached hydrogen (secondary N) is 1. The Kier molecular flexibility index (Phi) is 4.03. The molecule has 122 valence electrons. The zero-order valence-electron chi connectivity index (χ0n) is 11.8. The Morgan fingerprint density at radius 1 is 0.958 bits per heavy atom.